The van der Waals surface area contributed by atoms with E-state index in [-0.39, 0.29) is 11.1 Å². The minimum absolute atomic E-state index is 0.219. The maximum absolute atomic E-state index is 13.0. The molecule has 0 amide bonds. The van der Waals surface area contributed by atoms with Gasteiger partial charge in [0, 0.05) is 10.9 Å². The number of aromatic carboxylic acids is 1. The SMILES string of the molecule is CCc1nc2ccc(Br)cc2c(=O)n1N=Cc1ccc(OCc2ccc(C(=O)O)cc2)c(I)c1. The number of carbonyl (C=O) groups is 1. The van der Waals surface area contributed by atoms with Crippen LogP contribution in [0.2, 0.25) is 0 Å². The molecule has 3 aromatic carbocycles. The topological polar surface area (TPSA) is 93.8 Å². The van der Waals surface area contributed by atoms with Crippen LogP contribution in [-0.2, 0) is 13.0 Å². The van der Waals surface area contributed by atoms with E-state index in [0.29, 0.717) is 35.5 Å². The molecule has 0 spiro atoms. The van der Waals surface area contributed by atoms with E-state index in [1.165, 1.54) is 4.68 Å². The highest BCUT2D eigenvalue weighted by Gasteiger charge is 2.10. The lowest BCUT2D eigenvalue weighted by molar-refractivity contribution is 0.0697. The van der Waals surface area contributed by atoms with Crippen molar-refractivity contribution in [2.75, 3.05) is 0 Å². The minimum Gasteiger partial charge on any atom is -0.488 e. The monoisotopic (exact) mass is 631 g/mol. The molecule has 0 aliphatic heterocycles. The van der Waals surface area contributed by atoms with E-state index in [9.17, 15) is 9.59 Å². The van der Waals surface area contributed by atoms with Gasteiger partial charge in [0.1, 0.15) is 18.2 Å². The van der Waals surface area contributed by atoms with Crippen molar-refractivity contribution in [2.45, 2.75) is 20.0 Å². The standard InChI is InChI=1S/C25H19BrIN3O4/c1-2-23-29-21-9-8-18(26)12-19(21)24(31)30(23)28-13-16-5-10-22(20(27)11-16)34-14-15-3-6-17(7-4-15)25(32)33/h3-13H,2,14H2,1H3,(H,32,33). The largest absolute Gasteiger partial charge is 0.488 e. The Morgan fingerprint density at radius 1 is 1.18 bits per heavy atom. The zero-order chi connectivity index (χ0) is 24.2. The summed E-state index contributed by atoms with van der Waals surface area (Å²) in [6.07, 6.45) is 2.19. The fraction of sp³-hybridized carbons (Fsp3) is 0.120. The molecule has 4 aromatic rings. The van der Waals surface area contributed by atoms with Crippen molar-refractivity contribution in [3.8, 4) is 5.75 Å². The maximum Gasteiger partial charge on any atom is 0.335 e. The molecule has 172 valence electrons. The van der Waals surface area contributed by atoms with Crippen LogP contribution in [-0.4, -0.2) is 27.0 Å². The van der Waals surface area contributed by atoms with E-state index in [4.69, 9.17) is 9.84 Å². The molecule has 34 heavy (non-hydrogen) atoms. The lowest BCUT2D eigenvalue weighted by atomic mass is 10.1. The Labute approximate surface area is 217 Å². The Morgan fingerprint density at radius 3 is 2.62 bits per heavy atom. The predicted octanol–water partition coefficient (Wildman–Crippen LogP) is 5.49. The normalized spacial score (nSPS) is 11.3. The molecule has 0 atom stereocenters. The van der Waals surface area contributed by atoms with Crippen LogP contribution in [0.25, 0.3) is 10.9 Å². The molecule has 0 saturated heterocycles. The minimum atomic E-state index is -0.958. The number of nitrogens with zero attached hydrogens (tertiary/aromatic N) is 3. The smallest absolute Gasteiger partial charge is 0.335 e. The molecule has 1 aromatic heterocycles. The third-order valence-electron chi connectivity index (χ3n) is 5.07. The second-order valence-electron chi connectivity index (χ2n) is 7.39. The molecule has 1 heterocycles. The first-order chi connectivity index (χ1) is 16.4. The predicted molar refractivity (Wildman–Crippen MR) is 143 cm³/mol. The van der Waals surface area contributed by atoms with Gasteiger partial charge in [-0.25, -0.2) is 9.78 Å². The molecule has 0 saturated carbocycles. The molecule has 4 rings (SSSR count). The summed E-state index contributed by atoms with van der Waals surface area (Å²) in [5.41, 5.74) is 2.34. The van der Waals surface area contributed by atoms with Gasteiger partial charge in [0.15, 0.2) is 0 Å². The number of hydrogen-bond donors (Lipinski definition) is 1. The molecule has 0 unspecified atom stereocenters. The van der Waals surface area contributed by atoms with Crippen LogP contribution < -0.4 is 10.3 Å². The van der Waals surface area contributed by atoms with E-state index >= 15 is 0 Å². The van der Waals surface area contributed by atoms with E-state index in [2.05, 4.69) is 48.6 Å². The van der Waals surface area contributed by atoms with Gasteiger partial charge in [0.2, 0.25) is 0 Å². The molecule has 0 fully saturated rings. The molecule has 1 N–H and O–H groups in total. The quantitative estimate of drug-likeness (QED) is 0.215. The third-order valence-corrected chi connectivity index (χ3v) is 6.40. The van der Waals surface area contributed by atoms with Crippen molar-refractivity contribution in [1.82, 2.24) is 9.66 Å². The number of rotatable bonds is 7. The molecular formula is C25H19BrIN3O4. The van der Waals surface area contributed by atoms with E-state index in [1.807, 2.05) is 37.3 Å². The number of fused-ring (bicyclic) bond motifs is 1. The van der Waals surface area contributed by atoms with Gasteiger partial charge in [-0.1, -0.05) is 35.0 Å². The van der Waals surface area contributed by atoms with Gasteiger partial charge in [-0.2, -0.15) is 9.78 Å². The molecular weight excluding hydrogens is 613 g/mol. The third kappa shape index (κ3) is 5.36. The van der Waals surface area contributed by atoms with Crippen molar-refractivity contribution in [1.29, 1.82) is 0 Å². The fourth-order valence-corrected chi connectivity index (χ4v) is 4.34. The summed E-state index contributed by atoms with van der Waals surface area (Å²) in [6, 6.07) is 17.6. The first kappa shape index (κ1) is 24.1. The van der Waals surface area contributed by atoms with Gasteiger partial charge >= 0.3 is 5.97 Å². The number of carboxylic acids is 1. The van der Waals surface area contributed by atoms with Gasteiger partial charge in [-0.15, -0.1) is 0 Å². The Balaban J connectivity index is 1.54. The number of halogens is 2. The second-order valence-corrected chi connectivity index (χ2v) is 9.46. The molecule has 9 heteroatoms. The number of ether oxygens (including phenoxy) is 1. The average Bonchev–Trinajstić information content (AvgIpc) is 2.83. The molecule has 7 nitrogen and oxygen atoms in total. The highest BCUT2D eigenvalue weighted by atomic mass is 127. The number of aryl methyl sites for hydroxylation is 1. The maximum atomic E-state index is 13.0. The first-order valence-electron chi connectivity index (χ1n) is 10.4. The van der Waals surface area contributed by atoms with Crippen molar-refractivity contribution in [3.05, 3.63) is 102 Å². The Kier molecular flexibility index (Phi) is 7.42. The number of carboxylic acid groups (broad SMARTS) is 1. The summed E-state index contributed by atoms with van der Waals surface area (Å²) >= 11 is 5.59. The highest BCUT2D eigenvalue weighted by Crippen LogP contribution is 2.23. The lowest BCUT2D eigenvalue weighted by Gasteiger charge is -2.10. The zero-order valence-electron chi connectivity index (χ0n) is 18.0. The summed E-state index contributed by atoms with van der Waals surface area (Å²) in [7, 11) is 0. The summed E-state index contributed by atoms with van der Waals surface area (Å²) in [5, 5.41) is 13.9. The van der Waals surface area contributed by atoms with E-state index in [0.717, 1.165) is 19.2 Å². The average molecular weight is 632 g/mol. The zero-order valence-corrected chi connectivity index (χ0v) is 21.8. The van der Waals surface area contributed by atoms with E-state index < -0.39 is 5.97 Å². The number of hydrogen-bond acceptors (Lipinski definition) is 5. The molecule has 0 radical (unpaired) electrons. The van der Waals surface area contributed by atoms with Crippen LogP contribution in [0.1, 0.15) is 34.2 Å². The molecule has 0 aliphatic carbocycles. The van der Waals surface area contributed by atoms with Crippen molar-refractivity contribution < 1.29 is 14.6 Å². The molecule has 0 aliphatic rings. The van der Waals surface area contributed by atoms with Gasteiger partial charge in [0.25, 0.3) is 5.56 Å². The summed E-state index contributed by atoms with van der Waals surface area (Å²) < 4.78 is 8.92. The number of aromatic nitrogens is 2. The van der Waals surface area contributed by atoms with Gasteiger partial charge in [-0.05, 0) is 82.2 Å². The fourth-order valence-electron chi connectivity index (χ4n) is 3.29. The first-order valence-corrected chi connectivity index (χ1v) is 12.2. The summed E-state index contributed by atoms with van der Waals surface area (Å²) in [4.78, 5) is 28.6. The van der Waals surface area contributed by atoms with Crippen LogP contribution in [0.15, 0.2) is 75.0 Å². The highest BCUT2D eigenvalue weighted by molar-refractivity contribution is 14.1. The van der Waals surface area contributed by atoms with Crippen LogP contribution in [0, 0.1) is 3.57 Å². The van der Waals surface area contributed by atoms with Crippen LogP contribution >= 0.6 is 38.5 Å². The molecule has 0 bridgehead atoms. The Morgan fingerprint density at radius 2 is 1.94 bits per heavy atom. The van der Waals surface area contributed by atoms with Crippen LogP contribution in [0.4, 0.5) is 0 Å². The van der Waals surface area contributed by atoms with Crippen molar-refractivity contribution in [3.63, 3.8) is 0 Å². The summed E-state index contributed by atoms with van der Waals surface area (Å²) in [5.74, 6) is 0.322. The van der Waals surface area contributed by atoms with Crippen molar-refractivity contribution in [2.24, 2.45) is 5.10 Å². The van der Waals surface area contributed by atoms with Crippen LogP contribution in [0.3, 0.4) is 0 Å². The van der Waals surface area contributed by atoms with Gasteiger partial charge in [-0.3, -0.25) is 4.79 Å². The number of benzene rings is 3. The summed E-state index contributed by atoms with van der Waals surface area (Å²) in [6.45, 7) is 2.25. The Hall–Kier alpha value is -3.05. The van der Waals surface area contributed by atoms with Gasteiger partial charge in [0.05, 0.1) is 26.3 Å². The van der Waals surface area contributed by atoms with Gasteiger partial charge < -0.3 is 9.84 Å². The van der Waals surface area contributed by atoms with Crippen molar-refractivity contribution >= 4 is 61.6 Å². The lowest BCUT2D eigenvalue weighted by Crippen LogP contribution is -2.22. The Bertz CT molecular complexity index is 1470. The van der Waals surface area contributed by atoms with E-state index in [1.54, 1.807) is 36.5 Å². The second kappa shape index (κ2) is 10.5. The van der Waals surface area contributed by atoms with Crippen LogP contribution in [0.5, 0.6) is 5.75 Å².